The predicted molar refractivity (Wildman–Crippen MR) is 130 cm³/mol. The number of ether oxygens (including phenoxy) is 2. The van der Waals surface area contributed by atoms with E-state index in [9.17, 15) is 4.79 Å². The normalized spacial score (nSPS) is 16.0. The molecule has 0 saturated carbocycles. The molecule has 9 heteroatoms. The molecule has 1 aliphatic heterocycles. The Balaban J connectivity index is 1.33. The number of hydrogen-bond acceptors (Lipinski definition) is 7. The second-order valence-corrected chi connectivity index (χ2v) is 9.27. The van der Waals surface area contributed by atoms with Crippen LogP contribution in [0.5, 0.6) is 11.5 Å². The lowest BCUT2D eigenvalue weighted by atomic mass is 9.97. The van der Waals surface area contributed by atoms with Crippen molar-refractivity contribution in [3.05, 3.63) is 47.3 Å². The molecule has 1 amide bonds. The number of carbonyl (C=O) groups is 1. The quantitative estimate of drug-likeness (QED) is 0.544. The Bertz CT molecular complexity index is 1090. The minimum atomic E-state index is -0.0495. The van der Waals surface area contributed by atoms with Crippen LogP contribution in [0.2, 0.25) is 0 Å². The number of benzene rings is 1. The van der Waals surface area contributed by atoms with Crippen molar-refractivity contribution in [1.29, 1.82) is 0 Å². The number of aromatic nitrogens is 3. The van der Waals surface area contributed by atoms with E-state index in [2.05, 4.69) is 51.0 Å². The number of piperidine rings is 1. The molecule has 1 saturated heterocycles. The summed E-state index contributed by atoms with van der Waals surface area (Å²) in [4.78, 5) is 15.0. The molecule has 1 aromatic carbocycles. The minimum Gasteiger partial charge on any atom is -0.493 e. The Morgan fingerprint density at radius 1 is 1.09 bits per heavy atom. The average Bonchev–Trinajstić information content (AvgIpc) is 3.45. The fourth-order valence-corrected chi connectivity index (χ4v) is 5.27. The summed E-state index contributed by atoms with van der Waals surface area (Å²) in [5.41, 5.74) is 3.37. The summed E-state index contributed by atoms with van der Waals surface area (Å²) in [6.45, 7) is 6.28. The highest BCUT2D eigenvalue weighted by molar-refractivity contribution is 7.17. The van der Waals surface area contributed by atoms with Gasteiger partial charge < -0.3 is 19.7 Å². The molecule has 0 unspecified atom stereocenters. The van der Waals surface area contributed by atoms with Crippen LogP contribution in [0.3, 0.4) is 0 Å². The van der Waals surface area contributed by atoms with Gasteiger partial charge in [0, 0.05) is 31.0 Å². The van der Waals surface area contributed by atoms with Gasteiger partial charge in [-0.2, -0.15) is 0 Å². The molecule has 33 heavy (non-hydrogen) atoms. The average molecular weight is 470 g/mol. The molecule has 1 aliphatic rings. The van der Waals surface area contributed by atoms with Crippen LogP contribution in [0.1, 0.15) is 29.8 Å². The lowest BCUT2D eigenvalue weighted by Gasteiger charge is -2.31. The summed E-state index contributed by atoms with van der Waals surface area (Å²) < 4.78 is 12.8. The highest BCUT2D eigenvalue weighted by atomic mass is 32.1. The van der Waals surface area contributed by atoms with E-state index >= 15 is 0 Å². The van der Waals surface area contributed by atoms with Gasteiger partial charge in [0.05, 0.1) is 20.1 Å². The molecular weight excluding hydrogens is 438 g/mol. The Hall–Kier alpha value is -3.07. The number of nitrogens with zero attached hydrogens (tertiary/aromatic N) is 4. The summed E-state index contributed by atoms with van der Waals surface area (Å²) in [6, 6.07) is 10.0. The van der Waals surface area contributed by atoms with Gasteiger partial charge in [-0.1, -0.05) is 17.4 Å². The number of anilines is 1. The van der Waals surface area contributed by atoms with Crippen LogP contribution >= 0.6 is 11.3 Å². The van der Waals surface area contributed by atoms with Gasteiger partial charge in [-0.25, -0.2) is 0 Å². The largest absolute Gasteiger partial charge is 0.493 e. The maximum absolute atomic E-state index is 12.9. The van der Waals surface area contributed by atoms with Crippen molar-refractivity contribution in [3.8, 4) is 16.6 Å². The van der Waals surface area contributed by atoms with E-state index in [0.717, 1.165) is 53.0 Å². The van der Waals surface area contributed by atoms with E-state index < -0.39 is 0 Å². The van der Waals surface area contributed by atoms with Gasteiger partial charge in [0.1, 0.15) is 0 Å². The Morgan fingerprint density at radius 3 is 2.55 bits per heavy atom. The van der Waals surface area contributed by atoms with Gasteiger partial charge in [0.2, 0.25) is 16.2 Å². The first kappa shape index (κ1) is 23.1. The van der Waals surface area contributed by atoms with Crippen molar-refractivity contribution in [3.63, 3.8) is 0 Å². The van der Waals surface area contributed by atoms with Crippen LogP contribution in [0.25, 0.3) is 5.13 Å². The standard InChI is InChI=1S/C24H31N5O3S/c1-16-7-8-17(2)29(16)24-27-26-23(33-24)28-13-5-6-19(15-28)22(30)25-12-11-18-9-10-20(31-3)21(14-18)32-4/h7-10,14,19H,5-6,11-13,15H2,1-4H3,(H,25,30)/t19-/m1/s1. The van der Waals surface area contributed by atoms with Gasteiger partial charge in [0.25, 0.3) is 0 Å². The molecule has 4 rings (SSSR count). The molecule has 1 fully saturated rings. The van der Waals surface area contributed by atoms with E-state index in [1.807, 2.05) is 18.2 Å². The van der Waals surface area contributed by atoms with E-state index in [1.54, 1.807) is 25.6 Å². The van der Waals surface area contributed by atoms with Crippen molar-refractivity contribution in [2.24, 2.45) is 5.92 Å². The molecule has 0 radical (unpaired) electrons. The van der Waals surface area contributed by atoms with Crippen LogP contribution in [0.4, 0.5) is 5.13 Å². The Kier molecular flexibility index (Phi) is 7.17. The minimum absolute atomic E-state index is 0.0495. The van der Waals surface area contributed by atoms with Crippen molar-refractivity contribution in [2.75, 3.05) is 38.8 Å². The maximum Gasteiger partial charge on any atom is 0.224 e. The number of methoxy groups -OCH3 is 2. The SMILES string of the molecule is COc1ccc(CCNC(=O)[C@@H]2CCCN(c3nnc(-n4c(C)ccc4C)s3)C2)cc1OC. The van der Waals surface area contributed by atoms with Crippen LogP contribution in [0.15, 0.2) is 30.3 Å². The highest BCUT2D eigenvalue weighted by Crippen LogP contribution is 2.30. The van der Waals surface area contributed by atoms with E-state index in [-0.39, 0.29) is 11.8 Å². The van der Waals surface area contributed by atoms with E-state index in [0.29, 0.717) is 24.6 Å². The second kappa shape index (κ2) is 10.2. The zero-order chi connectivity index (χ0) is 23.4. The molecule has 8 nitrogen and oxygen atoms in total. The van der Waals surface area contributed by atoms with Crippen LogP contribution in [-0.2, 0) is 11.2 Å². The molecule has 3 aromatic rings. The summed E-state index contributed by atoms with van der Waals surface area (Å²) in [5.74, 6) is 1.45. The third-order valence-electron chi connectivity index (χ3n) is 6.09. The molecule has 2 aromatic heterocycles. The molecule has 0 spiro atoms. The van der Waals surface area contributed by atoms with Crippen molar-refractivity contribution < 1.29 is 14.3 Å². The molecule has 1 N–H and O–H groups in total. The number of amides is 1. The van der Waals surface area contributed by atoms with Gasteiger partial charge in [-0.3, -0.25) is 9.36 Å². The number of aryl methyl sites for hydroxylation is 2. The van der Waals surface area contributed by atoms with Crippen molar-refractivity contribution in [2.45, 2.75) is 33.1 Å². The third-order valence-corrected chi connectivity index (χ3v) is 7.06. The zero-order valence-electron chi connectivity index (χ0n) is 19.6. The number of carbonyl (C=O) groups excluding carboxylic acids is 1. The van der Waals surface area contributed by atoms with E-state index in [1.165, 1.54) is 0 Å². The van der Waals surface area contributed by atoms with Crippen LogP contribution < -0.4 is 19.7 Å². The molecular formula is C24H31N5O3S. The summed E-state index contributed by atoms with van der Waals surface area (Å²) in [5, 5.41) is 13.7. The third kappa shape index (κ3) is 5.13. The van der Waals surface area contributed by atoms with Gasteiger partial charge >= 0.3 is 0 Å². The van der Waals surface area contributed by atoms with Gasteiger partial charge in [-0.05, 0) is 62.9 Å². The number of hydrogen-bond donors (Lipinski definition) is 1. The fraction of sp³-hybridized carbons (Fsp3) is 0.458. The lowest BCUT2D eigenvalue weighted by molar-refractivity contribution is -0.125. The van der Waals surface area contributed by atoms with Crippen LogP contribution in [-0.4, -0.2) is 54.5 Å². The zero-order valence-corrected chi connectivity index (χ0v) is 20.4. The van der Waals surface area contributed by atoms with Crippen molar-refractivity contribution in [1.82, 2.24) is 20.1 Å². The molecule has 0 aliphatic carbocycles. The fourth-order valence-electron chi connectivity index (χ4n) is 4.27. The smallest absolute Gasteiger partial charge is 0.224 e. The summed E-state index contributed by atoms with van der Waals surface area (Å²) >= 11 is 1.57. The first-order valence-electron chi connectivity index (χ1n) is 11.2. The summed E-state index contributed by atoms with van der Waals surface area (Å²) in [7, 11) is 3.25. The van der Waals surface area contributed by atoms with Gasteiger partial charge in [0.15, 0.2) is 11.5 Å². The van der Waals surface area contributed by atoms with Crippen LogP contribution in [0, 0.1) is 19.8 Å². The lowest BCUT2D eigenvalue weighted by Crippen LogP contribution is -2.43. The topological polar surface area (TPSA) is 81.5 Å². The molecule has 0 bridgehead atoms. The molecule has 176 valence electrons. The Morgan fingerprint density at radius 2 is 1.82 bits per heavy atom. The van der Waals surface area contributed by atoms with Crippen molar-refractivity contribution >= 4 is 22.4 Å². The summed E-state index contributed by atoms with van der Waals surface area (Å²) in [6.07, 6.45) is 2.59. The predicted octanol–water partition coefficient (Wildman–Crippen LogP) is 3.54. The number of nitrogens with one attached hydrogen (secondary N) is 1. The monoisotopic (exact) mass is 469 g/mol. The first-order chi connectivity index (χ1) is 16.0. The second-order valence-electron chi connectivity index (χ2n) is 8.33. The van der Waals surface area contributed by atoms with Gasteiger partial charge in [-0.15, -0.1) is 10.2 Å². The van der Waals surface area contributed by atoms with E-state index in [4.69, 9.17) is 9.47 Å². The number of rotatable bonds is 8. The maximum atomic E-state index is 12.9. The molecule has 1 atom stereocenters. The first-order valence-corrected chi connectivity index (χ1v) is 12.0. The molecule has 3 heterocycles. The highest BCUT2D eigenvalue weighted by Gasteiger charge is 2.27. The Labute approximate surface area is 198 Å².